The van der Waals surface area contributed by atoms with E-state index in [1.165, 1.54) is 4.90 Å². The Bertz CT molecular complexity index is 1080. The van der Waals surface area contributed by atoms with Crippen LogP contribution in [0.3, 0.4) is 0 Å². The number of carbonyl (C=O) groups excluding carboxylic acids is 2. The summed E-state index contributed by atoms with van der Waals surface area (Å²) in [5, 5.41) is 2.83. The topological polar surface area (TPSA) is 96.0 Å². The molecular weight excluding hydrogens is 454 g/mol. The molecular formula is C25H35N3O5S. The van der Waals surface area contributed by atoms with Gasteiger partial charge in [0.1, 0.15) is 18.3 Å². The molecule has 8 nitrogen and oxygen atoms in total. The van der Waals surface area contributed by atoms with Gasteiger partial charge in [0.15, 0.2) is 0 Å². The van der Waals surface area contributed by atoms with Gasteiger partial charge in [-0.2, -0.15) is 0 Å². The first-order valence-corrected chi connectivity index (χ1v) is 13.1. The van der Waals surface area contributed by atoms with Crippen molar-refractivity contribution in [2.75, 3.05) is 23.7 Å². The summed E-state index contributed by atoms with van der Waals surface area (Å²) in [6, 6.07) is 13.3. The van der Waals surface area contributed by atoms with Gasteiger partial charge < -0.3 is 15.0 Å². The summed E-state index contributed by atoms with van der Waals surface area (Å²) in [5.74, 6) is -0.179. The smallest absolute Gasteiger partial charge is 0.244 e. The summed E-state index contributed by atoms with van der Waals surface area (Å²) >= 11 is 0. The molecule has 0 aliphatic heterocycles. The predicted molar refractivity (Wildman–Crippen MR) is 134 cm³/mol. The zero-order valence-corrected chi connectivity index (χ0v) is 21.6. The molecule has 0 radical (unpaired) electrons. The number of ether oxygens (including phenoxy) is 1. The number of anilines is 1. The number of aryl methyl sites for hydroxylation is 1. The maximum absolute atomic E-state index is 13.5. The third-order valence-corrected chi connectivity index (χ3v) is 6.29. The minimum Gasteiger partial charge on any atom is -0.494 e. The highest BCUT2D eigenvalue weighted by molar-refractivity contribution is 7.92. The van der Waals surface area contributed by atoms with Crippen molar-refractivity contribution in [3.05, 3.63) is 59.7 Å². The van der Waals surface area contributed by atoms with Gasteiger partial charge in [-0.3, -0.25) is 13.9 Å². The highest BCUT2D eigenvalue weighted by Crippen LogP contribution is 2.22. The van der Waals surface area contributed by atoms with Crippen LogP contribution in [0.5, 0.6) is 5.75 Å². The minimum atomic E-state index is -3.77. The molecule has 0 saturated carbocycles. The van der Waals surface area contributed by atoms with E-state index in [0.29, 0.717) is 18.0 Å². The molecule has 2 amide bonds. The Kier molecular flexibility index (Phi) is 9.49. The van der Waals surface area contributed by atoms with Crippen LogP contribution in [0.25, 0.3) is 0 Å². The van der Waals surface area contributed by atoms with Crippen molar-refractivity contribution >= 4 is 27.5 Å². The van der Waals surface area contributed by atoms with Crippen LogP contribution < -0.4 is 14.4 Å². The van der Waals surface area contributed by atoms with Gasteiger partial charge in [0.05, 0.1) is 18.6 Å². The normalized spacial score (nSPS) is 12.2. The average Bonchev–Trinajstić information content (AvgIpc) is 2.75. The third kappa shape index (κ3) is 7.76. The van der Waals surface area contributed by atoms with Crippen LogP contribution >= 0.6 is 0 Å². The van der Waals surface area contributed by atoms with Crippen molar-refractivity contribution in [2.45, 2.75) is 53.2 Å². The monoisotopic (exact) mass is 489 g/mol. The molecule has 0 aliphatic rings. The van der Waals surface area contributed by atoms with Crippen molar-refractivity contribution in [2.24, 2.45) is 0 Å². The molecule has 0 aliphatic carbocycles. The molecule has 0 heterocycles. The number of rotatable bonds is 11. The molecule has 186 valence electrons. The fourth-order valence-corrected chi connectivity index (χ4v) is 4.33. The number of amides is 2. The van der Waals surface area contributed by atoms with E-state index < -0.39 is 28.5 Å². The van der Waals surface area contributed by atoms with Gasteiger partial charge in [0.2, 0.25) is 21.8 Å². The summed E-state index contributed by atoms with van der Waals surface area (Å²) in [6.45, 7) is 9.36. The van der Waals surface area contributed by atoms with Gasteiger partial charge in [-0.1, -0.05) is 29.8 Å². The maximum atomic E-state index is 13.5. The SMILES string of the molecule is CCOc1ccc(N(CC(=O)N(Cc2cccc(C)c2)[C@@H](C)C(=O)NC(C)C)S(C)(=O)=O)cc1. The summed E-state index contributed by atoms with van der Waals surface area (Å²) in [4.78, 5) is 27.7. The van der Waals surface area contributed by atoms with Crippen molar-refractivity contribution in [1.82, 2.24) is 10.2 Å². The number of carbonyl (C=O) groups is 2. The van der Waals surface area contributed by atoms with Crippen LogP contribution in [0.15, 0.2) is 48.5 Å². The first-order valence-electron chi connectivity index (χ1n) is 11.3. The minimum absolute atomic E-state index is 0.0951. The number of nitrogens with zero attached hydrogens (tertiary/aromatic N) is 2. The van der Waals surface area contributed by atoms with Crippen LogP contribution in [0, 0.1) is 6.92 Å². The van der Waals surface area contributed by atoms with E-state index in [1.807, 2.05) is 52.0 Å². The van der Waals surface area contributed by atoms with Crippen LogP contribution in [-0.4, -0.2) is 56.6 Å². The van der Waals surface area contributed by atoms with Crippen molar-refractivity contribution in [1.29, 1.82) is 0 Å². The Hall–Kier alpha value is -3.07. The molecule has 2 aromatic rings. The molecule has 1 atom stereocenters. The quantitative estimate of drug-likeness (QED) is 0.523. The molecule has 0 spiro atoms. The summed E-state index contributed by atoms with van der Waals surface area (Å²) in [5.41, 5.74) is 2.22. The van der Waals surface area contributed by atoms with Gasteiger partial charge >= 0.3 is 0 Å². The molecule has 0 unspecified atom stereocenters. The number of sulfonamides is 1. The van der Waals surface area contributed by atoms with Gasteiger partial charge in [-0.15, -0.1) is 0 Å². The van der Waals surface area contributed by atoms with E-state index in [1.54, 1.807) is 31.2 Å². The van der Waals surface area contributed by atoms with Crippen LogP contribution in [0.2, 0.25) is 0 Å². The number of benzene rings is 2. The molecule has 0 aromatic heterocycles. The summed E-state index contributed by atoms with van der Waals surface area (Å²) < 4.78 is 31.7. The molecule has 0 bridgehead atoms. The molecule has 34 heavy (non-hydrogen) atoms. The zero-order chi connectivity index (χ0) is 25.5. The first-order chi connectivity index (χ1) is 15.9. The maximum Gasteiger partial charge on any atom is 0.244 e. The highest BCUT2D eigenvalue weighted by atomic mass is 32.2. The Morgan fingerprint density at radius 2 is 1.71 bits per heavy atom. The fourth-order valence-electron chi connectivity index (χ4n) is 3.48. The van der Waals surface area contributed by atoms with E-state index >= 15 is 0 Å². The standard InChI is InChI=1S/C25H35N3O5S/c1-7-33-23-13-11-22(12-14-23)28(34(6,31)32)17-24(29)27(20(5)25(30)26-18(2)3)16-21-10-8-9-19(4)15-21/h8-15,18,20H,7,16-17H2,1-6H3,(H,26,30)/t20-/m0/s1. The second-order valence-corrected chi connectivity index (χ2v) is 10.5. The first kappa shape index (κ1) is 27.2. The van der Waals surface area contributed by atoms with E-state index in [0.717, 1.165) is 21.7 Å². The molecule has 0 saturated heterocycles. The lowest BCUT2D eigenvalue weighted by Crippen LogP contribution is -2.52. The molecule has 0 fully saturated rings. The van der Waals surface area contributed by atoms with Gasteiger partial charge in [0.25, 0.3) is 0 Å². The molecule has 2 rings (SSSR count). The molecule has 1 N–H and O–H groups in total. The van der Waals surface area contributed by atoms with Crippen LogP contribution in [-0.2, 0) is 26.2 Å². The van der Waals surface area contributed by atoms with Crippen molar-refractivity contribution in [3.8, 4) is 5.75 Å². The Labute approximate surface area is 202 Å². The van der Waals surface area contributed by atoms with E-state index in [2.05, 4.69) is 5.32 Å². The average molecular weight is 490 g/mol. The second-order valence-electron chi connectivity index (χ2n) is 8.55. The lowest BCUT2D eigenvalue weighted by molar-refractivity contribution is -0.139. The lowest BCUT2D eigenvalue weighted by atomic mass is 10.1. The second kappa shape index (κ2) is 11.9. The number of nitrogens with one attached hydrogen (secondary N) is 1. The Balaban J connectivity index is 2.37. The largest absolute Gasteiger partial charge is 0.494 e. The Morgan fingerprint density at radius 1 is 1.06 bits per heavy atom. The predicted octanol–water partition coefficient (Wildman–Crippen LogP) is 3.10. The Morgan fingerprint density at radius 3 is 2.24 bits per heavy atom. The van der Waals surface area contributed by atoms with Crippen molar-refractivity contribution < 1.29 is 22.7 Å². The molecule has 2 aromatic carbocycles. The number of hydrogen-bond donors (Lipinski definition) is 1. The van der Waals surface area contributed by atoms with E-state index in [4.69, 9.17) is 4.74 Å². The fraction of sp³-hybridized carbons (Fsp3) is 0.440. The van der Waals surface area contributed by atoms with Crippen molar-refractivity contribution in [3.63, 3.8) is 0 Å². The van der Waals surface area contributed by atoms with E-state index in [-0.39, 0.29) is 18.5 Å². The lowest BCUT2D eigenvalue weighted by Gasteiger charge is -2.32. The van der Waals surface area contributed by atoms with Crippen LogP contribution in [0.4, 0.5) is 5.69 Å². The number of hydrogen-bond acceptors (Lipinski definition) is 5. The zero-order valence-electron chi connectivity index (χ0n) is 20.7. The highest BCUT2D eigenvalue weighted by Gasteiger charge is 2.30. The van der Waals surface area contributed by atoms with Crippen LogP contribution in [0.1, 0.15) is 38.8 Å². The third-order valence-electron chi connectivity index (χ3n) is 5.15. The van der Waals surface area contributed by atoms with Gasteiger partial charge in [-0.25, -0.2) is 8.42 Å². The van der Waals surface area contributed by atoms with Gasteiger partial charge in [-0.05, 0) is 64.4 Å². The summed E-state index contributed by atoms with van der Waals surface area (Å²) in [6.07, 6.45) is 1.05. The summed E-state index contributed by atoms with van der Waals surface area (Å²) in [7, 11) is -3.77. The van der Waals surface area contributed by atoms with E-state index in [9.17, 15) is 18.0 Å². The van der Waals surface area contributed by atoms with Gasteiger partial charge in [0, 0.05) is 12.6 Å². The molecule has 9 heteroatoms.